The van der Waals surface area contributed by atoms with Crippen LogP contribution in [0.1, 0.15) is 18.1 Å². The summed E-state index contributed by atoms with van der Waals surface area (Å²) in [6.45, 7) is 3.83. The van der Waals surface area contributed by atoms with Crippen LogP contribution in [0.4, 0.5) is 4.39 Å². The van der Waals surface area contributed by atoms with Crippen LogP contribution in [0.25, 0.3) is 16.6 Å². The Morgan fingerprint density at radius 3 is 2.56 bits per heavy atom. The lowest BCUT2D eigenvalue weighted by molar-refractivity contribution is -0.120. The Hall–Kier alpha value is -3.45. The molecule has 1 amide bonds. The molecular formula is C25H22FN3O2S. The van der Waals surface area contributed by atoms with Gasteiger partial charge in [-0.1, -0.05) is 60.3 Å². The van der Waals surface area contributed by atoms with E-state index in [2.05, 4.69) is 10.3 Å². The molecule has 0 fully saturated rings. The van der Waals surface area contributed by atoms with Gasteiger partial charge in [-0.3, -0.25) is 14.2 Å². The second kappa shape index (κ2) is 9.36. The predicted molar refractivity (Wildman–Crippen MR) is 126 cm³/mol. The smallest absolute Gasteiger partial charge is 0.266 e. The van der Waals surface area contributed by atoms with E-state index in [0.717, 1.165) is 17.3 Å². The van der Waals surface area contributed by atoms with Crippen LogP contribution in [0.3, 0.4) is 0 Å². The van der Waals surface area contributed by atoms with Gasteiger partial charge in [0.2, 0.25) is 5.91 Å². The zero-order chi connectivity index (χ0) is 22.7. The van der Waals surface area contributed by atoms with Crippen LogP contribution in [0.15, 0.2) is 82.7 Å². The minimum absolute atomic E-state index is 0.178. The second-order valence-electron chi connectivity index (χ2n) is 7.45. The van der Waals surface area contributed by atoms with Crippen molar-refractivity contribution in [2.75, 3.05) is 0 Å². The Labute approximate surface area is 189 Å². The van der Waals surface area contributed by atoms with Crippen molar-refractivity contribution < 1.29 is 9.18 Å². The molecule has 1 atom stereocenters. The fraction of sp³-hybridized carbons (Fsp3) is 0.160. The summed E-state index contributed by atoms with van der Waals surface area (Å²) in [5.41, 5.74) is 2.07. The number of nitrogens with one attached hydrogen (secondary N) is 1. The average molecular weight is 448 g/mol. The van der Waals surface area contributed by atoms with Crippen LogP contribution in [0, 0.1) is 12.7 Å². The van der Waals surface area contributed by atoms with Crippen LogP contribution >= 0.6 is 11.8 Å². The Morgan fingerprint density at radius 1 is 1.09 bits per heavy atom. The minimum Gasteiger partial charge on any atom is -0.351 e. The van der Waals surface area contributed by atoms with Crippen LogP contribution in [-0.2, 0) is 11.3 Å². The highest BCUT2D eigenvalue weighted by atomic mass is 32.2. The molecule has 4 rings (SSSR count). The summed E-state index contributed by atoms with van der Waals surface area (Å²) in [6, 6.07) is 21.2. The molecule has 4 aromatic rings. The second-order valence-corrected chi connectivity index (χ2v) is 8.76. The number of para-hydroxylation sites is 1. The summed E-state index contributed by atoms with van der Waals surface area (Å²) >= 11 is 1.16. The number of fused-ring (bicyclic) bond motifs is 1. The number of benzene rings is 3. The lowest BCUT2D eigenvalue weighted by Gasteiger charge is -2.17. The lowest BCUT2D eigenvalue weighted by atomic mass is 10.2. The van der Waals surface area contributed by atoms with E-state index in [9.17, 15) is 14.0 Å². The van der Waals surface area contributed by atoms with E-state index in [-0.39, 0.29) is 11.5 Å². The van der Waals surface area contributed by atoms with Gasteiger partial charge < -0.3 is 5.32 Å². The first-order valence-electron chi connectivity index (χ1n) is 10.2. The summed E-state index contributed by atoms with van der Waals surface area (Å²) in [7, 11) is 0. The molecule has 1 heterocycles. The number of halogens is 1. The molecule has 162 valence electrons. The van der Waals surface area contributed by atoms with Crippen molar-refractivity contribution in [1.82, 2.24) is 14.9 Å². The van der Waals surface area contributed by atoms with E-state index >= 15 is 0 Å². The SMILES string of the molecule is Cc1ccc(-n2c(SC(C)C(=O)NCc3ccccc3)nc3ccccc3c2=O)cc1F. The summed E-state index contributed by atoms with van der Waals surface area (Å²) in [5.74, 6) is -0.588. The highest BCUT2D eigenvalue weighted by Gasteiger charge is 2.20. The van der Waals surface area contributed by atoms with Gasteiger partial charge in [0.15, 0.2) is 5.16 Å². The van der Waals surface area contributed by atoms with E-state index in [1.54, 1.807) is 50.2 Å². The summed E-state index contributed by atoms with van der Waals surface area (Å²) in [4.78, 5) is 30.6. The molecule has 7 heteroatoms. The van der Waals surface area contributed by atoms with Crippen molar-refractivity contribution in [3.63, 3.8) is 0 Å². The van der Waals surface area contributed by atoms with Crippen LogP contribution in [0.5, 0.6) is 0 Å². The van der Waals surface area contributed by atoms with Crippen LogP contribution in [-0.4, -0.2) is 20.7 Å². The molecule has 3 aromatic carbocycles. The molecule has 5 nitrogen and oxygen atoms in total. The van der Waals surface area contributed by atoms with Gasteiger partial charge in [-0.15, -0.1) is 0 Å². The molecule has 0 radical (unpaired) electrons. The number of aryl methyl sites for hydroxylation is 1. The van der Waals surface area contributed by atoms with Crippen molar-refractivity contribution >= 4 is 28.6 Å². The van der Waals surface area contributed by atoms with Gasteiger partial charge >= 0.3 is 0 Å². The number of hydrogen-bond donors (Lipinski definition) is 1. The van der Waals surface area contributed by atoms with Crippen molar-refractivity contribution in [1.29, 1.82) is 0 Å². The summed E-state index contributed by atoms with van der Waals surface area (Å²) in [5, 5.41) is 3.15. The molecule has 0 spiro atoms. The first kappa shape index (κ1) is 21.8. The lowest BCUT2D eigenvalue weighted by Crippen LogP contribution is -2.31. The molecule has 32 heavy (non-hydrogen) atoms. The maximum absolute atomic E-state index is 14.3. The maximum atomic E-state index is 14.3. The monoisotopic (exact) mass is 447 g/mol. The molecule has 0 aliphatic carbocycles. The Morgan fingerprint density at radius 2 is 1.81 bits per heavy atom. The number of carbonyl (C=O) groups is 1. The highest BCUT2D eigenvalue weighted by Crippen LogP contribution is 2.26. The zero-order valence-electron chi connectivity index (χ0n) is 17.7. The number of hydrogen-bond acceptors (Lipinski definition) is 4. The van der Waals surface area contributed by atoms with E-state index < -0.39 is 11.1 Å². The fourth-order valence-corrected chi connectivity index (χ4v) is 4.23. The summed E-state index contributed by atoms with van der Waals surface area (Å²) in [6.07, 6.45) is 0. The number of thioether (sulfide) groups is 1. The summed E-state index contributed by atoms with van der Waals surface area (Å²) < 4.78 is 15.7. The van der Waals surface area contributed by atoms with Gasteiger partial charge in [0.05, 0.1) is 21.8 Å². The number of rotatable bonds is 6. The number of nitrogens with zero attached hydrogens (tertiary/aromatic N) is 2. The molecule has 1 aromatic heterocycles. The van der Waals surface area contributed by atoms with Crippen LogP contribution < -0.4 is 10.9 Å². The molecule has 0 saturated heterocycles. The Balaban J connectivity index is 1.68. The largest absolute Gasteiger partial charge is 0.351 e. The standard InChI is InChI=1S/C25H22FN3O2S/c1-16-12-13-19(14-21(16)26)29-24(31)20-10-6-7-11-22(20)28-25(29)32-17(2)23(30)27-15-18-8-4-3-5-9-18/h3-14,17H,15H2,1-2H3,(H,27,30). The van der Waals surface area contributed by atoms with Gasteiger partial charge in [-0.25, -0.2) is 9.37 Å². The minimum atomic E-state index is -0.520. The third-order valence-corrected chi connectivity index (χ3v) is 6.17. The van der Waals surface area contributed by atoms with Gasteiger partial charge in [0.1, 0.15) is 5.82 Å². The molecule has 1 N–H and O–H groups in total. The fourth-order valence-electron chi connectivity index (χ4n) is 3.28. The van der Waals surface area contributed by atoms with Crippen molar-refractivity contribution in [3.05, 3.63) is 100 Å². The third kappa shape index (κ3) is 4.57. The van der Waals surface area contributed by atoms with E-state index in [4.69, 9.17) is 0 Å². The first-order chi connectivity index (χ1) is 15.4. The van der Waals surface area contributed by atoms with Crippen molar-refractivity contribution in [2.24, 2.45) is 0 Å². The van der Waals surface area contributed by atoms with Crippen molar-refractivity contribution in [2.45, 2.75) is 30.8 Å². The molecule has 0 bridgehead atoms. The van der Waals surface area contributed by atoms with Gasteiger partial charge in [0.25, 0.3) is 5.56 Å². The van der Waals surface area contributed by atoms with Gasteiger partial charge in [-0.2, -0.15) is 0 Å². The normalized spacial score (nSPS) is 12.0. The molecular weight excluding hydrogens is 425 g/mol. The maximum Gasteiger partial charge on any atom is 0.266 e. The molecule has 0 aliphatic rings. The van der Waals surface area contributed by atoms with Crippen LogP contribution in [0.2, 0.25) is 0 Å². The number of aromatic nitrogens is 2. The predicted octanol–water partition coefficient (Wildman–Crippen LogP) is 4.63. The quantitative estimate of drug-likeness (QED) is 0.346. The highest BCUT2D eigenvalue weighted by molar-refractivity contribution is 8.00. The van der Waals surface area contributed by atoms with Gasteiger partial charge in [0, 0.05) is 6.54 Å². The number of carbonyl (C=O) groups excluding carboxylic acids is 1. The van der Waals surface area contributed by atoms with E-state index in [1.165, 1.54) is 10.6 Å². The van der Waals surface area contributed by atoms with E-state index in [0.29, 0.717) is 33.9 Å². The molecule has 0 aliphatic heterocycles. The topological polar surface area (TPSA) is 64.0 Å². The Kier molecular flexibility index (Phi) is 6.37. The van der Waals surface area contributed by atoms with E-state index in [1.807, 2.05) is 30.3 Å². The zero-order valence-corrected chi connectivity index (χ0v) is 18.5. The number of amides is 1. The molecule has 0 saturated carbocycles. The third-order valence-electron chi connectivity index (χ3n) is 5.12. The average Bonchev–Trinajstić information content (AvgIpc) is 2.80. The first-order valence-corrected chi connectivity index (χ1v) is 11.1. The van der Waals surface area contributed by atoms with Crippen molar-refractivity contribution in [3.8, 4) is 5.69 Å². The molecule has 1 unspecified atom stereocenters. The van der Waals surface area contributed by atoms with Gasteiger partial charge in [-0.05, 0) is 49.2 Å². The Bertz CT molecular complexity index is 1340.